The summed E-state index contributed by atoms with van der Waals surface area (Å²) in [5, 5.41) is 0. The minimum atomic E-state index is -0.0692. The van der Waals surface area contributed by atoms with Crippen LogP contribution in [0.3, 0.4) is 0 Å². The fourth-order valence-electron chi connectivity index (χ4n) is 4.60. The fraction of sp³-hybridized carbons (Fsp3) is 0.455. The van der Waals surface area contributed by atoms with Crippen LogP contribution < -0.4 is 4.74 Å². The van der Waals surface area contributed by atoms with Gasteiger partial charge in [-0.3, -0.25) is 9.59 Å². The standard InChI is InChI=1S/C22H27N3O4/c1-3-29-14-20(26)25-12-16-11-24(22(27)19-5-4-10-23-19)13-18(16)21(25)15-6-8-17(28-2)9-7-15/h4-10,16,18,21,23H,3,11-14H2,1-2H3/t16-,18-,21-/m0/s1. The molecule has 0 saturated carbocycles. The molecule has 2 aromatic rings. The number of fused-ring (bicyclic) bond motifs is 1. The van der Waals surface area contributed by atoms with E-state index in [2.05, 4.69) is 4.98 Å². The van der Waals surface area contributed by atoms with E-state index in [4.69, 9.17) is 9.47 Å². The van der Waals surface area contributed by atoms with E-state index in [1.165, 1.54) is 0 Å². The summed E-state index contributed by atoms with van der Waals surface area (Å²) in [5.41, 5.74) is 1.67. The summed E-state index contributed by atoms with van der Waals surface area (Å²) in [6.07, 6.45) is 1.76. The molecular formula is C22H27N3O4. The Balaban J connectivity index is 1.57. The van der Waals surface area contributed by atoms with Crippen LogP contribution in [-0.4, -0.2) is 66.6 Å². The molecule has 3 atom stereocenters. The molecule has 1 aromatic carbocycles. The van der Waals surface area contributed by atoms with Crippen molar-refractivity contribution in [2.24, 2.45) is 11.8 Å². The van der Waals surface area contributed by atoms with E-state index >= 15 is 0 Å². The van der Waals surface area contributed by atoms with Crippen LogP contribution in [0.2, 0.25) is 0 Å². The highest BCUT2D eigenvalue weighted by atomic mass is 16.5. The average molecular weight is 397 g/mol. The Labute approximate surface area is 170 Å². The van der Waals surface area contributed by atoms with Gasteiger partial charge >= 0.3 is 0 Å². The van der Waals surface area contributed by atoms with Gasteiger partial charge in [0.15, 0.2) is 0 Å². The first kappa shape index (κ1) is 19.5. The second kappa shape index (κ2) is 8.29. The Morgan fingerprint density at radius 2 is 1.93 bits per heavy atom. The van der Waals surface area contributed by atoms with Gasteiger partial charge in [0.25, 0.3) is 5.91 Å². The molecule has 3 heterocycles. The second-order valence-electron chi connectivity index (χ2n) is 7.62. The lowest BCUT2D eigenvalue weighted by Gasteiger charge is -2.30. The number of ether oxygens (including phenoxy) is 2. The predicted molar refractivity (Wildman–Crippen MR) is 108 cm³/mol. The molecule has 2 saturated heterocycles. The summed E-state index contributed by atoms with van der Waals surface area (Å²) in [4.78, 5) is 32.5. The highest BCUT2D eigenvalue weighted by molar-refractivity contribution is 5.92. The quantitative estimate of drug-likeness (QED) is 0.812. The zero-order valence-corrected chi connectivity index (χ0v) is 16.8. The second-order valence-corrected chi connectivity index (χ2v) is 7.62. The zero-order chi connectivity index (χ0) is 20.4. The molecule has 7 nitrogen and oxygen atoms in total. The summed E-state index contributed by atoms with van der Waals surface area (Å²) >= 11 is 0. The molecule has 4 rings (SSSR count). The monoisotopic (exact) mass is 397 g/mol. The van der Waals surface area contributed by atoms with Gasteiger partial charge in [-0.1, -0.05) is 12.1 Å². The lowest BCUT2D eigenvalue weighted by Crippen LogP contribution is -2.39. The first-order valence-corrected chi connectivity index (χ1v) is 10.1. The summed E-state index contributed by atoms with van der Waals surface area (Å²) in [6.45, 7) is 4.43. The minimum Gasteiger partial charge on any atom is -0.497 e. The minimum absolute atomic E-state index is 0.00399. The number of aromatic nitrogens is 1. The first-order valence-electron chi connectivity index (χ1n) is 10.1. The SMILES string of the molecule is CCOCC(=O)N1C[C@@H]2CN(C(=O)c3ccc[nH]3)C[C@@H]2[C@@H]1c1ccc(OC)cc1. The largest absolute Gasteiger partial charge is 0.497 e. The van der Waals surface area contributed by atoms with Crippen molar-refractivity contribution in [2.45, 2.75) is 13.0 Å². The number of aromatic amines is 1. The maximum Gasteiger partial charge on any atom is 0.270 e. The Morgan fingerprint density at radius 3 is 2.59 bits per heavy atom. The molecule has 0 unspecified atom stereocenters. The Hall–Kier alpha value is -2.80. The van der Waals surface area contributed by atoms with Gasteiger partial charge in [0.05, 0.1) is 13.2 Å². The molecule has 0 aliphatic carbocycles. The number of likely N-dealkylation sites (tertiary alicyclic amines) is 2. The highest BCUT2D eigenvalue weighted by Crippen LogP contribution is 2.45. The number of carbonyl (C=O) groups is 2. The molecule has 154 valence electrons. The zero-order valence-electron chi connectivity index (χ0n) is 16.8. The van der Waals surface area contributed by atoms with Crippen LogP contribution in [0.15, 0.2) is 42.6 Å². The van der Waals surface area contributed by atoms with Crippen LogP contribution in [-0.2, 0) is 9.53 Å². The van der Waals surface area contributed by atoms with Crippen LogP contribution in [0, 0.1) is 11.8 Å². The summed E-state index contributed by atoms with van der Waals surface area (Å²) < 4.78 is 10.7. The van der Waals surface area contributed by atoms with Crippen LogP contribution >= 0.6 is 0 Å². The normalized spacial score (nSPS) is 23.3. The van der Waals surface area contributed by atoms with Crippen molar-refractivity contribution in [3.05, 3.63) is 53.9 Å². The number of hydrogen-bond acceptors (Lipinski definition) is 4. The Kier molecular flexibility index (Phi) is 5.58. The topological polar surface area (TPSA) is 74.9 Å². The third kappa shape index (κ3) is 3.74. The number of methoxy groups -OCH3 is 1. The van der Waals surface area contributed by atoms with Crippen molar-refractivity contribution in [2.75, 3.05) is 40.0 Å². The Morgan fingerprint density at radius 1 is 1.14 bits per heavy atom. The molecule has 2 amide bonds. The van der Waals surface area contributed by atoms with E-state index in [1.54, 1.807) is 19.4 Å². The molecule has 1 N–H and O–H groups in total. The molecule has 7 heteroatoms. The lowest BCUT2D eigenvalue weighted by atomic mass is 9.89. The van der Waals surface area contributed by atoms with E-state index in [-0.39, 0.29) is 36.3 Å². The number of nitrogens with zero attached hydrogens (tertiary/aromatic N) is 2. The maximum atomic E-state index is 12.8. The summed E-state index contributed by atoms with van der Waals surface area (Å²) in [7, 11) is 1.64. The van der Waals surface area contributed by atoms with Gasteiger partial charge in [-0.15, -0.1) is 0 Å². The molecular weight excluding hydrogens is 370 g/mol. The lowest BCUT2D eigenvalue weighted by molar-refractivity contribution is -0.137. The molecule has 2 aliphatic heterocycles. The van der Waals surface area contributed by atoms with Crippen molar-refractivity contribution in [3.63, 3.8) is 0 Å². The van der Waals surface area contributed by atoms with E-state index in [1.807, 2.05) is 47.1 Å². The number of carbonyl (C=O) groups excluding carboxylic acids is 2. The highest BCUT2D eigenvalue weighted by Gasteiger charge is 2.50. The van der Waals surface area contributed by atoms with Crippen molar-refractivity contribution >= 4 is 11.8 Å². The van der Waals surface area contributed by atoms with Gasteiger partial charge in [-0.25, -0.2) is 0 Å². The van der Waals surface area contributed by atoms with Crippen molar-refractivity contribution in [1.29, 1.82) is 0 Å². The van der Waals surface area contributed by atoms with E-state index in [0.717, 1.165) is 11.3 Å². The van der Waals surface area contributed by atoms with Gasteiger partial charge in [0.1, 0.15) is 18.1 Å². The first-order chi connectivity index (χ1) is 14.1. The van der Waals surface area contributed by atoms with Crippen LogP contribution in [0.5, 0.6) is 5.75 Å². The fourth-order valence-corrected chi connectivity index (χ4v) is 4.60. The maximum absolute atomic E-state index is 12.8. The molecule has 0 bridgehead atoms. The van der Waals surface area contributed by atoms with E-state index in [0.29, 0.717) is 31.9 Å². The third-order valence-electron chi connectivity index (χ3n) is 5.99. The molecule has 29 heavy (non-hydrogen) atoms. The van der Waals surface area contributed by atoms with Crippen molar-refractivity contribution in [3.8, 4) is 5.75 Å². The van der Waals surface area contributed by atoms with Gasteiger partial charge in [-0.05, 0) is 36.8 Å². The molecule has 2 aliphatic rings. The predicted octanol–water partition coefficient (Wildman–Crippen LogP) is 2.33. The van der Waals surface area contributed by atoms with Gasteiger partial charge in [-0.2, -0.15) is 0 Å². The molecule has 1 aromatic heterocycles. The van der Waals surface area contributed by atoms with Crippen molar-refractivity contribution < 1.29 is 19.1 Å². The molecule has 2 fully saturated rings. The number of hydrogen-bond donors (Lipinski definition) is 1. The van der Waals surface area contributed by atoms with Crippen LogP contribution in [0.4, 0.5) is 0 Å². The number of H-pyrrole nitrogens is 1. The van der Waals surface area contributed by atoms with Gasteiger partial charge in [0, 0.05) is 44.3 Å². The number of amides is 2. The number of nitrogens with one attached hydrogen (secondary N) is 1. The van der Waals surface area contributed by atoms with Crippen molar-refractivity contribution in [1.82, 2.24) is 14.8 Å². The average Bonchev–Trinajstić information content (AvgIpc) is 3.47. The Bertz CT molecular complexity index is 849. The number of rotatable bonds is 6. The molecule has 0 radical (unpaired) electrons. The summed E-state index contributed by atoms with van der Waals surface area (Å²) in [6, 6.07) is 11.4. The molecule has 0 spiro atoms. The third-order valence-corrected chi connectivity index (χ3v) is 5.99. The van der Waals surface area contributed by atoms with Crippen LogP contribution in [0.1, 0.15) is 29.0 Å². The van der Waals surface area contributed by atoms with Gasteiger partial charge in [0.2, 0.25) is 5.91 Å². The number of benzene rings is 1. The van der Waals surface area contributed by atoms with E-state index < -0.39 is 0 Å². The van der Waals surface area contributed by atoms with Gasteiger partial charge < -0.3 is 24.3 Å². The van der Waals surface area contributed by atoms with E-state index in [9.17, 15) is 9.59 Å². The summed E-state index contributed by atoms with van der Waals surface area (Å²) in [5.74, 6) is 1.26. The van der Waals surface area contributed by atoms with Crippen LogP contribution in [0.25, 0.3) is 0 Å². The smallest absolute Gasteiger partial charge is 0.270 e.